The molecule has 20 heavy (non-hydrogen) atoms. The summed E-state index contributed by atoms with van der Waals surface area (Å²) in [6.07, 6.45) is 3.88. The fourth-order valence-electron chi connectivity index (χ4n) is 3.01. The summed E-state index contributed by atoms with van der Waals surface area (Å²) in [5, 5.41) is 0. The first-order valence-electron chi connectivity index (χ1n) is 8.14. The highest BCUT2D eigenvalue weighted by atomic mass is 16.5. The normalized spacial score (nSPS) is 21.6. The predicted octanol–water partition coefficient (Wildman–Crippen LogP) is 4.31. The van der Waals surface area contributed by atoms with Gasteiger partial charge in [0.2, 0.25) is 0 Å². The maximum Gasteiger partial charge on any atom is 0.122 e. The van der Waals surface area contributed by atoms with Crippen LogP contribution in [0.3, 0.4) is 0 Å². The first-order valence-corrected chi connectivity index (χ1v) is 8.14. The summed E-state index contributed by atoms with van der Waals surface area (Å²) < 4.78 is 6.06. The van der Waals surface area contributed by atoms with E-state index in [1.54, 1.807) is 0 Å². The molecule has 0 saturated carbocycles. The summed E-state index contributed by atoms with van der Waals surface area (Å²) >= 11 is 0. The van der Waals surface area contributed by atoms with E-state index in [2.05, 4.69) is 49.9 Å². The molecule has 0 amide bonds. The van der Waals surface area contributed by atoms with Gasteiger partial charge in [-0.15, -0.1) is 0 Å². The van der Waals surface area contributed by atoms with E-state index >= 15 is 0 Å². The van der Waals surface area contributed by atoms with Crippen LogP contribution in [0.4, 0.5) is 0 Å². The SMILES string of the molecule is CC[C@@H](C)c1ccccc1OCCN1CCC[C@H](C)C1. The van der Waals surface area contributed by atoms with E-state index in [0.717, 1.165) is 31.2 Å². The Labute approximate surface area is 124 Å². The smallest absolute Gasteiger partial charge is 0.122 e. The molecule has 1 saturated heterocycles. The molecule has 2 heteroatoms. The first-order chi connectivity index (χ1) is 9.70. The Morgan fingerprint density at radius 2 is 2.15 bits per heavy atom. The largest absolute Gasteiger partial charge is 0.492 e. The molecular formula is C18H29NO. The van der Waals surface area contributed by atoms with Crippen LogP contribution in [-0.2, 0) is 0 Å². The number of nitrogens with zero attached hydrogens (tertiary/aromatic N) is 1. The Morgan fingerprint density at radius 1 is 1.35 bits per heavy atom. The van der Waals surface area contributed by atoms with E-state index in [1.807, 2.05) is 0 Å². The highest BCUT2D eigenvalue weighted by molar-refractivity contribution is 5.35. The molecule has 0 N–H and O–H groups in total. The zero-order chi connectivity index (χ0) is 14.4. The highest BCUT2D eigenvalue weighted by Gasteiger charge is 2.16. The van der Waals surface area contributed by atoms with Crippen molar-refractivity contribution in [3.05, 3.63) is 29.8 Å². The molecule has 0 aromatic heterocycles. The summed E-state index contributed by atoms with van der Waals surface area (Å²) in [4.78, 5) is 2.54. The molecule has 1 aromatic rings. The number of para-hydroxylation sites is 1. The average molecular weight is 275 g/mol. The van der Waals surface area contributed by atoms with E-state index < -0.39 is 0 Å². The van der Waals surface area contributed by atoms with Gasteiger partial charge < -0.3 is 4.74 Å². The number of ether oxygens (including phenoxy) is 1. The molecule has 0 spiro atoms. The number of piperidine rings is 1. The van der Waals surface area contributed by atoms with Crippen molar-refractivity contribution >= 4 is 0 Å². The van der Waals surface area contributed by atoms with E-state index in [4.69, 9.17) is 4.74 Å². The van der Waals surface area contributed by atoms with Crippen molar-refractivity contribution in [3.8, 4) is 5.75 Å². The summed E-state index contributed by atoms with van der Waals surface area (Å²) in [7, 11) is 0. The van der Waals surface area contributed by atoms with Crippen molar-refractivity contribution in [1.29, 1.82) is 0 Å². The summed E-state index contributed by atoms with van der Waals surface area (Å²) in [6.45, 7) is 11.2. The van der Waals surface area contributed by atoms with Gasteiger partial charge in [0.1, 0.15) is 12.4 Å². The zero-order valence-electron chi connectivity index (χ0n) is 13.3. The molecule has 1 fully saturated rings. The third-order valence-electron chi connectivity index (χ3n) is 4.47. The third-order valence-corrected chi connectivity index (χ3v) is 4.47. The quantitative estimate of drug-likeness (QED) is 0.767. The third kappa shape index (κ3) is 4.24. The van der Waals surface area contributed by atoms with Gasteiger partial charge in [0.15, 0.2) is 0 Å². The molecular weight excluding hydrogens is 246 g/mol. The van der Waals surface area contributed by atoms with Crippen LogP contribution in [-0.4, -0.2) is 31.1 Å². The van der Waals surface area contributed by atoms with Crippen LogP contribution in [0.2, 0.25) is 0 Å². The van der Waals surface area contributed by atoms with Crippen molar-refractivity contribution in [3.63, 3.8) is 0 Å². The topological polar surface area (TPSA) is 12.5 Å². The van der Waals surface area contributed by atoms with Gasteiger partial charge >= 0.3 is 0 Å². The van der Waals surface area contributed by atoms with Gasteiger partial charge in [-0.3, -0.25) is 4.90 Å². The number of benzene rings is 1. The van der Waals surface area contributed by atoms with Crippen LogP contribution in [0.15, 0.2) is 24.3 Å². The predicted molar refractivity (Wildman–Crippen MR) is 85.5 cm³/mol. The van der Waals surface area contributed by atoms with Gasteiger partial charge in [0.05, 0.1) is 0 Å². The summed E-state index contributed by atoms with van der Waals surface area (Å²) in [6, 6.07) is 8.50. The average Bonchev–Trinajstić information content (AvgIpc) is 2.47. The second kappa shape index (κ2) is 7.68. The highest BCUT2D eigenvalue weighted by Crippen LogP contribution is 2.28. The van der Waals surface area contributed by atoms with E-state index in [1.165, 1.54) is 31.5 Å². The van der Waals surface area contributed by atoms with Gasteiger partial charge in [0, 0.05) is 13.1 Å². The summed E-state index contributed by atoms with van der Waals surface area (Å²) in [5.74, 6) is 2.49. The Morgan fingerprint density at radius 3 is 2.90 bits per heavy atom. The maximum atomic E-state index is 6.06. The van der Waals surface area contributed by atoms with Crippen LogP contribution in [0.25, 0.3) is 0 Å². The Balaban J connectivity index is 1.84. The van der Waals surface area contributed by atoms with E-state index in [0.29, 0.717) is 5.92 Å². The van der Waals surface area contributed by atoms with Crippen LogP contribution in [0.5, 0.6) is 5.75 Å². The minimum atomic E-state index is 0.571. The second-order valence-corrected chi connectivity index (χ2v) is 6.24. The minimum absolute atomic E-state index is 0.571. The van der Waals surface area contributed by atoms with Crippen molar-refractivity contribution in [2.24, 2.45) is 5.92 Å². The Hall–Kier alpha value is -1.02. The standard InChI is InChI=1S/C18H29NO/c1-4-16(3)17-9-5-6-10-18(17)20-13-12-19-11-7-8-15(2)14-19/h5-6,9-10,15-16H,4,7-8,11-14H2,1-3H3/t15-,16+/m0/s1. The molecule has 1 aliphatic heterocycles. The van der Waals surface area contributed by atoms with E-state index in [-0.39, 0.29) is 0 Å². The molecule has 1 aliphatic rings. The first kappa shape index (κ1) is 15.4. The fraction of sp³-hybridized carbons (Fsp3) is 0.667. The number of hydrogen-bond donors (Lipinski definition) is 0. The molecule has 0 unspecified atom stereocenters. The van der Waals surface area contributed by atoms with Gasteiger partial charge in [-0.25, -0.2) is 0 Å². The van der Waals surface area contributed by atoms with Crippen LogP contribution in [0, 0.1) is 5.92 Å². The van der Waals surface area contributed by atoms with Crippen LogP contribution in [0.1, 0.15) is 51.5 Å². The van der Waals surface area contributed by atoms with Gasteiger partial charge in [-0.2, -0.15) is 0 Å². The summed E-state index contributed by atoms with van der Waals surface area (Å²) in [5.41, 5.74) is 1.35. The molecule has 0 bridgehead atoms. The lowest BCUT2D eigenvalue weighted by Gasteiger charge is -2.30. The van der Waals surface area contributed by atoms with Gasteiger partial charge in [0.25, 0.3) is 0 Å². The molecule has 112 valence electrons. The molecule has 1 heterocycles. The lowest BCUT2D eigenvalue weighted by atomic mass is 9.98. The van der Waals surface area contributed by atoms with Gasteiger partial charge in [-0.1, -0.05) is 39.0 Å². The number of rotatable bonds is 6. The van der Waals surface area contributed by atoms with Crippen molar-refractivity contribution in [2.75, 3.05) is 26.2 Å². The zero-order valence-corrected chi connectivity index (χ0v) is 13.3. The molecule has 0 aliphatic carbocycles. The number of hydrogen-bond acceptors (Lipinski definition) is 2. The second-order valence-electron chi connectivity index (χ2n) is 6.24. The molecule has 2 rings (SSSR count). The molecule has 2 nitrogen and oxygen atoms in total. The van der Waals surface area contributed by atoms with E-state index in [9.17, 15) is 0 Å². The van der Waals surface area contributed by atoms with Crippen LogP contribution >= 0.6 is 0 Å². The number of likely N-dealkylation sites (tertiary alicyclic amines) is 1. The fourth-order valence-corrected chi connectivity index (χ4v) is 3.01. The maximum absolute atomic E-state index is 6.06. The molecule has 2 atom stereocenters. The Bertz CT molecular complexity index is 404. The lowest BCUT2D eigenvalue weighted by Crippen LogP contribution is -2.37. The molecule has 1 aromatic carbocycles. The van der Waals surface area contributed by atoms with Crippen LogP contribution < -0.4 is 4.74 Å². The molecule has 0 radical (unpaired) electrons. The van der Waals surface area contributed by atoms with Crippen molar-refractivity contribution < 1.29 is 4.74 Å². The lowest BCUT2D eigenvalue weighted by molar-refractivity contribution is 0.153. The minimum Gasteiger partial charge on any atom is -0.492 e. The van der Waals surface area contributed by atoms with Crippen molar-refractivity contribution in [2.45, 2.75) is 46.0 Å². The monoisotopic (exact) mass is 275 g/mol. The van der Waals surface area contributed by atoms with Crippen molar-refractivity contribution in [1.82, 2.24) is 4.90 Å². The van der Waals surface area contributed by atoms with Gasteiger partial charge in [-0.05, 0) is 49.3 Å². The Kier molecular flexibility index (Phi) is 5.90.